The first kappa shape index (κ1) is 15.0. The topological polar surface area (TPSA) is 121 Å². The molecule has 11 heteroatoms. The molecule has 0 aliphatic carbocycles. The van der Waals surface area contributed by atoms with E-state index >= 15 is 0 Å². The second-order valence-electron chi connectivity index (χ2n) is 5.43. The zero-order chi connectivity index (χ0) is 16.6. The van der Waals surface area contributed by atoms with Crippen LogP contribution in [0.4, 0.5) is 5.82 Å². The molecule has 1 aliphatic heterocycles. The number of sulfonamides is 1. The minimum absolute atomic E-state index is 0.151. The van der Waals surface area contributed by atoms with E-state index in [9.17, 15) is 8.42 Å². The van der Waals surface area contributed by atoms with E-state index in [4.69, 9.17) is 4.52 Å². The van der Waals surface area contributed by atoms with E-state index < -0.39 is 10.0 Å². The van der Waals surface area contributed by atoms with Gasteiger partial charge in [-0.1, -0.05) is 5.16 Å². The van der Waals surface area contributed by atoms with Gasteiger partial charge in [0.05, 0.1) is 12.0 Å². The Kier molecular flexibility index (Phi) is 3.65. The standard InChI is InChI=1S/C13H15N7O3S/c21-24(22,7-10-1-6-23-18-10)20-4-2-19(3-5-20)13-11-12(15-8-14-11)16-9-17-13/h1,6,8-9H,2-5,7H2,(H,14,15,16,17). The number of anilines is 1. The highest BCUT2D eigenvalue weighted by atomic mass is 32.2. The average molecular weight is 349 g/mol. The zero-order valence-corrected chi connectivity index (χ0v) is 13.5. The van der Waals surface area contributed by atoms with Gasteiger partial charge in [0, 0.05) is 32.2 Å². The van der Waals surface area contributed by atoms with Crippen molar-refractivity contribution in [2.45, 2.75) is 5.75 Å². The Morgan fingerprint density at radius 3 is 2.75 bits per heavy atom. The summed E-state index contributed by atoms with van der Waals surface area (Å²) in [7, 11) is -3.41. The number of rotatable bonds is 4. The number of aromatic nitrogens is 5. The maximum absolute atomic E-state index is 12.5. The molecule has 0 unspecified atom stereocenters. The van der Waals surface area contributed by atoms with Crippen molar-refractivity contribution in [1.82, 2.24) is 29.4 Å². The monoisotopic (exact) mass is 349 g/mol. The zero-order valence-electron chi connectivity index (χ0n) is 12.7. The predicted octanol–water partition coefficient (Wildman–Crippen LogP) is -0.00710. The number of nitrogens with one attached hydrogen (secondary N) is 1. The van der Waals surface area contributed by atoms with Gasteiger partial charge < -0.3 is 14.4 Å². The van der Waals surface area contributed by atoms with Crippen molar-refractivity contribution in [3.05, 3.63) is 30.7 Å². The van der Waals surface area contributed by atoms with Crippen molar-refractivity contribution in [3.8, 4) is 0 Å². The number of hydrogen-bond donors (Lipinski definition) is 1. The fraction of sp³-hybridized carbons (Fsp3) is 0.385. The van der Waals surface area contributed by atoms with Gasteiger partial charge in [-0.3, -0.25) is 0 Å². The Morgan fingerprint density at radius 1 is 1.17 bits per heavy atom. The summed E-state index contributed by atoms with van der Waals surface area (Å²) in [6.45, 7) is 1.87. The highest BCUT2D eigenvalue weighted by Gasteiger charge is 2.29. The molecule has 1 saturated heterocycles. The van der Waals surface area contributed by atoms with Gasteiger partial charge in [-0.25, -0.2) is 23.4 Å². The van der Waals surface area contributed by atoms with Gasteiger partial charge in [-0.15, -0.1) is 0 Å². The minimum atomic E-state index is -3.41. The Hall–Kier alpha value is -2.53. The molecule has 0 spiro atoms. The van der Waals surface area contributed by atoms with Crippen molar-refractivity contribution in [3.63, 3.8) is 0 Å². The van der Waals surface area contributed by atoms with E-state index in [1.54, 1.807) is 12.4 Å². The van der Waals surface area contributed by atoms with Gasteiger partial charge in [-0.05, 0) is 0 Å². The molecule has 126 valence electrons. The summed E-state index contributed by atoms with van der Waals surface area (Å²) in [5, 5.41) is 3.67. The number of fused-ring (bicyclic) bond motifs is 1. The van der Waals surface area contributed by atoms with Gasteiger partial charge in [0.2, 0.25) is 10.0 Å². The predicted molar refractivity (Wildman–Crippen MR) is 84.6 cm³/mol. The summed E-state index contributed by atoms with van der Waals surface area (Å²) in [6, 6.07) is 1.56. The molecule has 1 fully saturated rings. The van der Waals surface area contributed by atoms with E-state index in [1.807, 2.05) is 4.90 Å². The van der Waals surface area contributed by atoms with E-state index in [2.05, 4.69) is 25.1 Å². The molecule has 4 heterocycles. The van der Waals surface area contributed by atoms with Crippen LogP contribution in [0.3, 0.4) is 0 Å². The van der Waals surface area contributed by atoms with Gasteiger partial charge in [0.1, 0.15) is 23.9 Å². The van der Waals surface area contributed by atoms with Crippen LogP contribution in [0.5, 0.6) is 0 Å². The first-order valence-electron chi connectivity index (χ1n) is 7.39. The summed E-state index contributed by atoms with van der Waals surface area (Å²) >= 11 is 0. The third-order valence-electron chi connectivity index (χ3n) is 3.96. The molecule has 1 N–H and O–H groups in total. The average Bonchev–Trinajstić information content (AvgIpc) is 3.25. The Labute approximate surface area is 137 Å². The quantitative estimate of drug-likeness (QED) is 0.698. The molecule has 1 aliphatic rings. The lowest BCUT2D eigenvalue weighted by atomic mass is 10.3. The lowest BCUT2D eigenvalue weighted by Gasteiger charge is -2.34. The number of hydrogen-bond acceptors (Lipinski definition) is 8. The van der Waals surface area contributed by atoms with Crippen LogP contribution in [0.15, 0.2) is 29.5 Å². The van der Waals surface area contributed by atoms with Crippen LogP contribution < -0.4 is 4.90 Å². The van der Waals surface area contributed by atoms with Crippen LogP contribution in [0.25, 0.3) is 11.2 Å². The Balaban J connectivity index is 1.48. The SMILES string of the molecule is O=S(=O)(Cc1ccon1)N1CCN(c2ncnc3nc[nH]c23)CC1. The van der Waals surface area contributed by atoms with Gasteiger partial charge in [0.25, 0.3) is 0 Å². The number of aromatic amines is 1. The maximum atomic E-state index is 12.5. The third kappa shape index (κ3) is 2.71. The molecular formula is C13H15N7O3S. The van der Waals surface area contributed by atoms with Gasteiger partial charge in [-0.2, -0.15) is 4.31 Å². The molecule has 4 rings (SSSR count). The molecule has 0 amide bonds. The largest absolute Gasteiger partial charge is 0.364 e. The van der Waals surface area contributed by atoms with Gasteiger partial charge in [0.15, 0.2) is 11.5 Å². The van der Waals surface area contributed by atoms with E-state index in [0.29, 0.717) is 37.5 Å². The van der Waals surface area contributed by atoms with Gasteiger partial charge >= 0.3 is 0 Å². The molecule has 0 atom stereocenters. The second-order valence-corrected chi connectivity index (χ2v) is 7.40. The Morgan fingerprint density at radius 2 is 2.00 bits per heavy atom. The highest BCUT2D eigenvalue weighted by molar-refractivity contribution is 7.88. The molecule has 0 bridgehead atoms. The normalized spacial score (nSPS) is 16.8. The van der Waals surface area contributed by atoms with Crippen LogP contribution in [0.1, 0.15) is 5.69 Å². The highest BCUT2D eigenvalue weighted by Crippen LogP contribution is 2.22. The van der Waals surface area contributed by atoms with Crippen molar-refractivity contribution in [2.75, 3.05) is 31.1 Å². The summed E-state index contributed by atoms with van der Waals surface area (Å²) in [4.78, 5) is 17.6. The number of piperazine rings is 1. The lowest BCUT2D eigenvalue weighted by Crippen LogP contribution is -2.49. The Bertz CT molecular complexity index is 930. The van der Waals surface area contributed by atoms with Crippen LogP contribution in [0.2, 0.25) is 0 Å². The van der Waals surface area contributed by atoms with E-state index in [0.717, 1.165) is 11.3 Å². The van der Waals surface area contributed by atoms with Crippen molar-refractivity contribution in [1.29, 1.82) is 0 Å². The van der Waals surface area contributed by atoms with E-state index in [-0.39, 0.29) is 5.75 Å². The summed E-state index contributed by atoms with van der Waals surface area (Å²) in [6.07, 6.45) is 4.40. The van der Waals surface area contributed by atoms with Crippen molar-refractivity contribution < 1.29 is 12.9 Å². The lowest BCUT2D eigenvalue weighted by molar-refractivity contribution is 0.381. The molecule has 24 heavy (non-hydrogen) atoms. The molecule has 3 aromatic rings. The smallest absolute Gasteiger partial charge is 0.220 e. The van der Waals surface area contributed by atoms with E-state index in [1.165, 1.54) is 16.9 Å². The molecular weight excluding hydrogens is 334 g/mol. The number of imidazole rings is 1. The van der Waals surface area contributed by atoms with Crippen LogP contribution in [-0.4, -0.2) is 64.0 Å². The molecule has 10 nitrogen and oxygen atoms in total. The third-order valence-corrected chi connectivity index (χ3v) is 5.77. The van der Waals surface area contributed by atoms with Crippen molar-refractivity contribution in [2.24, 2.45) is 0 Å². The summed E-state index contributed by atoms with van der Waals surface area (Å²) in [5.74, 6) is 0.591. The second kappa shape index (κ2) is 5.83. The molecule has 0 saturated carbocycles. The first-order valence-corrected chi connectivity index (χ1v) is 9.00. The maximum Gasteiger partial charge on any atom is 0.220 e. The fourth-order valence-electron chi connectivity index (χ4n) is 2.76. The number of H-pyrrole nitrogens is 1. The van der Waals surface area contributed by atoms with Crippen LogP contribution in [0, 0.1) is 0 Å². The summed E-state index contributed by atoms with van der Waals surface area (Å²) < 4.78 is 31.1. The molecule has 0 radical (unpaired) electrons. The molecule has 3 aromatic heterocycles. The first-order chi connectivity index (χ1) is 11.6. The van der Waals surface area contributed by atoms with Crippen LogP contribution in [-0.2, 0) is 15.8 Å². The van der Waals surface area contributed by atoms with Crippen molar-refractivity contribution >= 4 is 27.0 Å². The molecule has 0 aromatic carbocycles. The minimum Gasteiger partial charge on any atom is -0.364 e. The fourth-order valence-corrected chi connectivity index (χ4v) is 4.19. The van der Waals surface area contributed by atoms with Crippen LogP contribution >= 0.6 is 0 Å². The summed E-state index contributed by atoms with van der Waals surface area (Å²) in [5.41, 5.74) is 1.77. The number of nitrogens with zero attached hydrogens (tertiary/aromatic N) is 6.